The van der Waals surface area contributed by atoms with Crippen LogP contribution < -0.4 is 10.5 Å². The quantitative estimate of drug-likeness (QED) is 0.766. The van der Waals surface area contributed by atoms with Gasteiger partial charge in [-0.1, -0.05) is 38.1 Å². The minimum Gasteiger partial charge on any atom is -0.457 e. The van der Waals surface area contributed by atoms with Crippen LogP contribution in [-0.2, 0) is 0 Å². The Morgan fingerprint density at radius 2 is 1.44 bits per heavy atom. The molecular weight excluding hydrogens is 198 g/mol. The molecule has 0 aliphatic rings. The second-order valence-corrected chi connectivity index (χ2v) is 2.99. The zero-order chi connectivity index (χ0) is 11.8. The van der Waals surface area contributed by atoms with E-state index in [1.54, 1.807) is 6.07 Å². The lowest BCUT2D eigenvalue weighted by Gasteiger charge is -2.05. The topological polar surface area (TPSA) is 35.2 Å². The first-order chi connectivity index (χ1) is 7.84. The predicted octanol–water partition coefficient (Wildman–Crippen LogP) is 4.09. The van der Waals surface area contributed by atoms with E-state index in [1.807, 2.05) is 62.4 Å². The molecular formula is C14H17NO. The fourth-order valence-electron chi connectivity index (χ4n) is 1.20. The molecule has 2 aromatic rings. The van der Waals surface area contributed by atoms with Gasteiger partial charge in [0, 0.05) is 11.8 Å². The van der Waals surface area contributed by atoms with Gasteiger partial charge in [0.05, 0.1) is 0 Å². The Hall–Kier alpha value is -1.96. The van der Waals surface area contributed by atoms with Crippen molar-refractivity contribution < 1.29 is 4.74 Å². The Morgan fingerprint density at radius 3 is 2.06 bits per heavy atom. The summed E-state index contributed by atoms with van der Waals surface area (Å²) in [5.74, 6) is 1.58. The van der Waals surface area contributed by atoms with Crippen molar-refractivity contribution in [2.45, 2.75) is 13.8 Å². The van der Waals surface area contributed by atoms with Crippen LogP contribution in [0, 0.1) is 0 Å². The molecule has 0 radical (unpaired) electrons. The van der Waals surface area contributed by atoms with Crippen molar-refractivity contribution in [3.63, 3.8) is 0 Å². The predicted molar refractivity (Wildman–Crippen MR) is 68.7 cm³/mol. The molecule has 0 aliphatic carbocycles. The fourth-order valence-corrected chi connectivity index (χ4v) is 1.20. The Labute approximate surface area is 96.7 Å². The molecule has 84 valence electrons. The number of rotatable bonds is 2. The summed E-state index contributed by atoms with van der Waals surface area (Å²) in [7, 11) is 0. The molecule has 2 rings (SSSR count). The van der Waals surface area contributed by atoms with Gasteiger partial charge in [-0.25, -0.2) is 0 Å². The lowest BCUT2D eigenvalue weighted by molar-refractivity contribution is 0.483. The lowest BCUT2D eigenvalue weighted by atomic mass is 10.3. The maximum Gasteiger partial charge on any atom is 0.129 e. The molecule has 0 saturated carbocycles. The number of hydrogen-bond acceptors (Lipinski definition) is 2. The summed E-state index contributed by atoms with van der Waals surface area (Å²) in [4.78, 5) is 0. The van der Waals surface area contributed by atoms with Crippen LogP contribution in [0.1, 0.15) is 13.8 Å². The van der Waals surface area contributed by atoms with Crippen LogP contribution in [0.25, 0.3) is 0 Å². The molecule has 0 saturated heterocycles. The fraction of sp³-hybridized carbons (Fsp3) is 0.143. The number of ether oxygens (including phenoxy) is 1. The van der Waals surface area contributed by atoms with Crippen LogP contribution in [0.4, 0.5) is 5.69 Å². The molecule has 0 bridgehead atoms. The first-order valence-electron chi connectivity index (χ1n) is 5.43. The molecule has 16 heavy (non-hydrogen) atoms. The van der Waals surface area contributed by atoms with Crippen molar-refractivity contribution in [1.29, 1.82) is 0 Å². The van der Waals surface area contributed by atoms with E-state index in [2.05, 4.69) is 0 Å². The number of para-hydroxylation sites is 1. The molecule has 0 aromatic heterocycles. The van der Waals surface area contributed by atoms with E-state index in [0.717, 1.165) is 11.5 Å². The second kappa shape index (κ2) is 6.51. The Balaban J connectivity index is 0.000000606. The third kappa shape index (κ3) is 3.65. The Bertz CT molecular complexity index is 412. The molecule has 0 spiro atoms. The molecule has 2 N–H and O–H groups in total. The summed E-state index contributed by atoms with van der Waals surface area (Å²) in [5.41, 5.74) is 6.34. The third-order valence-corrected chi connectivity index (χ3v) is 1.84. The second-order valence-electron chi connectivity index (χ2n) is 2.99. The summed E-state index contributed by atoms with van der Waals surface area (Å²) in [5, 5.41) is 0. The highest BCUT2D eigenvalue weighted by Gasteiger charge is 1.95. The maximum absolute atomic E-state index is 5.63. The van der Waals surface area contributed by atoms with Gasteiger partial charge in [0.15, 0.2) is 0 Å². The Morgan fingerprint density at radius 1 is 0.812 bits per heavy atom. The van der Waals surface area contributed by atoms with Crippen molar-refractivity contribution in [2.24, 2.45) is 0 Å². The van der Waals surface area contributed by atoms with Crippen molar-refractivity contribution >= 4 is 5.69 Å². The molecule has 0 amide bonds. The van der Waals surface area contributed by atoms with E-state index < -0.39 is 0 Å². The number of benzene rings is 2. The highest BCUT2D eigenvalue weighted by Crippen LogP contribution is 2.22. The molecule has 2 nitrogen and oxygen atoms in total. The maximum atomic E-state index is 5.63. The summed E-state index contributed by atoms with van der Waals surface area (Å²) in [6.45, 7) is 4.00. The highest BCUT2D eigenvalue weighted by molar-refractivity contribution is 5.45. The summed E-state index contributed by atoms with van der Waals surface area (Å²) in [6.07, 6.45) is 0. The smallest absolute Gasteiger partial charge is 0.129 e. The van der Waals surface area contributed by atoms with Crippen molar-refractivity contribution in [3.05, 3.63) is 54.6 Å². The summed E-state index contributed by atoms with van der Waals surface area (Å²) < 4.78 is 5.58. The molecule has 0 aliphatic heterocycles. The van der Waals surface area contributed by atoms with Crippen LogP contribution in [0.3, 0.4) is 0 Å². The van der Waals surface area contributed by atoms with Gasteiger partial charge in [0.25, 0.3) is 0 Å². The van der Waals surface area contributed by atoms with Gasteiger partial charge >= 0.3 is 0 Å². The molecule has 0 fully saturated rings. The van der Waals surface area contributed by atoms with Crippen molar-refractivity contribution in [1.82, 2.24) is 0 Å². The van der Waals surface area contributed by atoms with Crippen LogP contribution in [0.15, 0.2) is 54.6 Å². The minimum absolute atomic E-state index is 0.707. The normalized spacial score (nSPS) is 8.88. The average Bonchev–Trinajstić information content (AvgIpc) is 2.33. The standard InChI is InChI=1S/C12H11NO.C2H6/c13-10-5-4-8-12(9-10)14-11-6-2-1-3-7-11;1-2/h1-9H,13H2;1-2H3. The Kier molecular flexibility index (Phi) is 4.93. The number of anilines is 1. The minimum atomic E-state index is 0.707. The molecule has 2 heteroatoms. The molecule has 2 aromatic carbocycles. The van der Waals surface area contributed by atoms with E-state index in [4.69, 9.17) is 10.5 Å². The van der Waals surface area contributed by atoms with Gasteiger partial charge in [0.1, 0.15) is 11.5 Å². The third-order valence-electron chi connectivity index (χ3n) is 1.84. The number of nitrogens with two attached hydrogens (primary N) is 1. The van der Waals surface area contributed by atoms with Gasteiger partial charge < -0.3 is 10.5 Å². The first kappa shape index (κ1) is 12.1. The van der Waals surface area contributed by atoms with Crippen LogP contribution in [0.2, 0.25) is 0 Å². The van der Waals surface area contributed by atoms with Crippen molar-refractivity contribution in [2.75, 3.05) is 5.73 Å². The molecule has 0 heterocycles. The average molecular weight is 215 g/mol. The van der Waals surface area contributed by atoms with Gasteiger partial charge in [-0.2, -0.15) is 0 Å². The zero-order valence-electron chi connectivity index (χ0n) is 9.68. The van der Waals surface area contributed by atoms with Gasteiger partial charge in [-0.05, 0) is 24.3 Å². The summed E-state index contributed by atoms with van der Waals surface area (Å²) >= 11 is 0. The molecule has 0 unspecified atom stereocenters. The zero-order valence-corrected chi connectivity index (χ0v) is 9.68. The van der Waals surface area contributed by atoms with E-state index in [-0.39, 0.29) is 0 Å². The van der Waals surface area contributed by atoms with Crippen molar-refractivity contribution in [3.8, 4) is 11.5 Å². The molecule has 0 atom stereocenters. The number of hydrogen-bond donors (Lipinski definition) is 1. The van der Waals surface area contributed by atoms with Gasteiger partial charge in [-0.3, -0.25) is 0 Å². The van der Waals surface area contributed by atoms with Crippen LogP contribution in [-0.4, -0.2) is 0 Å². The van der Waals surface area contributed by atoms with Crippen LogP contribution >= 0.6 is 0 Å². The monoisotopic (exact) mass is 215 g/mol. The van der Waals surface area contributed by atoms with Gasteiger partial charge in [-0.15, -0.1) is 0 Å². The van der Waals surface area contributed by atoms with E-state index in [0.29, 0.717) is 5.69 Å². The number of nitrogen functional groups attached to an aromatic ring is 1. The lowest BCUT2D eigenvalue weighted by Crippen LogP contribution is -1.86. The van der Waals surface area contributed by atoms with Crippen LogP contribution in [0.5, 0.6) is 11.5 Å². The van der Waals surface area contributed by atoms with Gasteiger partial charge in [0.2, 0.25) is 0 Å². The largest absolute Gasteiger partial charge is 0.457 e. The highest BCUT2D eigenvalue weighted by atomic mass is 16.5. The first-order valence-corrected chi connectivity index (χ1v) is 5.43. The SMILES string of the molecule is CC.Nc1cccc(Oc2ccccc2)c1. The van der Waals surface area contributed by atoms with E-state index >= 15 is 0 Å². The van der Waals surface area contributed by atoms with E-state index in [9.17, 15) is 0 Å². The summed E-state index contributed by atoms with van der Waals surface area (Å²) in [6, 6.07) is 17.0. The van der Waals surface area contributed by atoms with E-state index in [1.165, 1.54) is 0 Å².